The van der Waals surface area contributed by atoms with Crippen LogP contribution in [0, 0.1) is 6.92 Å². The molecule has 23 heavy (non-hydrogen) atoms. The highest BCUT2D eigenvalue weighted by Crippen LogP contribution is 2.14. The van der Waals surface area contributed by atoms with Gasteiger partial charge < -0.3 is 11.1 Å². The van der Waals surface area contributed by atoms with Crippen LogP contribution >= 0.6 is 0 Å². The maximum absolute atomic E-state index is 12.2. The largest absolute Gasteiger partial charge is 0.366 e. The van der Waals surface area contributed by atoms with Crippen LogP contribution in [-0.2, 0) is 14.6 Å². The molecule has 3 N–H and O–H groups in total. The van der Waals surface area contributed by atoms with E-state index in [9.17, 15) is 18.0 Å². The molecular weight excluding hydrogens is 316 g/mol. The maximum atomic E-state index is 12.2. The predicted molar refractivity (Wildman–Crippen MR) is 86.8 cm³/mol. The lowest BCUT2D eigenvalue weighted by Gasteiger charge is -2.07. The van der Waals surface area contributed by atoms with Gasteiger partial charge in [-0.2, -0.15) is 0 Å². The monoisotopic (exact) mass is 332 g/mol. The molecule has 2 amide bonds. The molecule has 0 saturated carbocycles. The number of benzene rings is 2. The SMILES string of the molecule is Cc1ccc(S(=O)(=O)CC(=O)Nc2ccc(C(N)=O)cc2)cc1. The van der Waals surface area contributed by atoms with Gasteiger partial charge in [0.25, 0.3) is 0 Å². The smallest absolute Gasteiger partial charge is 0.248 e. The molecule has 0 atom stereocenters. The number of hydrogen-bond donors (Lipinski definition) is 2. The molecule has 2 rings (SSSR count). The van der Waals surface area contributed by atoms with Crippen molar-refractivity contribution in [2.24, 2.45) is 5.73 Å². The highest BCUT2D eigenvalue weighted by Gasteiger charge is 2.19. The minimum Gasteiger partial charge on any atom is -0.366 e. The van der Waals surface area contributed by atoms with Gasteiger partial charge in [0.05, 0.1) is 4.90 Å². The molecule has 0 bridgehead atoms. The van der Waals surface area contributed by atoms with E-state index in [2.05, 4.69) is 5.32 Å². The lowest BCUT2D eigenvalue weighted by molar-refractivity contribution is -0.113. The van der Waals surface area contributed by atoms with Gasteiger partial charge in [0, 0.05) is 11.3 Å². The van der Waals surface area contributed by atoms with Crippen LogP contribution in [0.5, 0.6) is 0 Å². The first-order valence-corrected chi connectivity index (χ1v) is 8.42. The first-order chi connectivity index (χ1) is 10.8. The van der Waals surface area contributed by atoms with Crippen molar-refractivity contribution in [3.05, 3.63) is 59.7 Å². The molecule has 2 aromatic rings. The van der Waals surface area contributed by atoms with Crippen molar-refractivity contribution in [1.82, 2.24) is 0 Å². The molecule has 120 valence electrons. The minimum atomic E-state index is -3.70. The Labute approximate surface area is 134 Å². The van der Waals surface area contributed by atoms with E-state index in [-0.39, 0.29) is 4.90 Å². The van der Waals surface area contributed by atoms with Crippen LogP contribution in [0.25, 0.3) is 0 Å². The third kappa shape index (κ3) is 4.40. The van der Waals surface area contributed by atoms with E-state index in [1.54, 1.807) is 12.1 Å². The second-order valence-corrected chi connectivity index (χ2v) is 7.05. The average Bonchev–Trinajstić information content (AvgIpc) is 2.47. The lowest BCUT2D eigenvalue weighted by atomic mass is 10.2. The van der Waals surface area contributed by atoms with Gasteiger partial charge in [-0.25, -0.2) is 8.42 Å². The molecule has 0 fully saturated rings. The van der Waals surface area contributed by atoms with Gasteiger partial charge >= 0.3 is 0 Å². The van der Waals surface area contributed by atoms with Gasteiger partial charge in [-0.05, 0) is 43.3 Å². The minimum absolute atomic E-state index is 0.0994. The summed E-state index contributed by atoms with van der Waals surface area (Å²) in [5.74, 6) is -1.89. The van der Waals surface area contributed by atoms with Gasteiger partial charge in [-0.15, -0.1) is 0 Å². The summed E-state index contributed by atoms with van der Waals surface area (Å²) < 4.78 is 24.3. The fraction of sp³-hybridized carbons (Fsp3) is 0.125. The Balaban J connectivity index is 2.06. The molecule has 0 aliphatic rings. The Kier molecular flexibility index (Phi) is 4.80. The Morgan fingerprint density at radius 2 is 1.57 bits per heavy atom. The molecule has 0 aliphatic heterocycles. The summed E-state index contributed by atoms with van der Waals surface area (Å²) in [6.45, 7) is 1.85. The fourth-order valence-electron chi connectivity index (χ4n) is 1.92. The van der Waals surface area contributed by atoms with Gasteiger partial charge in [-0.1, -0.05) is 17.7 Å². The second-order valence-electron chi connectivity index (χ2n) is 5.06. The van der Waals surface area contributed by atoms with Crippen molar-refractivity contribution in [3.63, 3.8) is 0 Å². The zero-order valence-electron chi connectivity index (χ0n) is 12.4. The number of anilines is 1. The number of nitrogens with one attached hydrogen (secondary N) is 1. The van der Waals surface area contributed by atoms with Crippen molar-refractivity contribution in [2.45, 2.75) is 11.8 Å². The topological polar surface area (TPSA) is 106 Å². The van der Waals surface area contributed by atoms with Gasteiger partial charge in [0.15, 0.2) is 9.84 Å². The number of hydrogen-bond acceptors (Lipinski definition) is 4. The second kappa shape index (κ2) is 6.62. The molecule has 0 radical (unpaired) electrons. The molecule has 0 unspecified atom stereocenters. The van der Waals surface area contributed by atoms with Crippen molar-refractivity contribution < 1.29 is 18.0 Å². The summed E-state index contributed by atoms with van der Waals surface area (Å²) in [5, 5.41) is 2.48. The van der Waals surface area contributed by atoms with E-state index in [0.29, 0.717) is 11.3 Å². The number of aryl methyl sites for hydroxylation is 1. The number of carbonyl (C=O) groups is 2. The number of sulfone groups is 1. The van der Waals surface area contributed by atoms with E-state index < -0.39 is 27.4 Å². The molecule has 2 aromatic carbocycles. The van der Waals surface area contributed by atoms with Crippen LogP contribution in [0.3, 0.4) is 0 Å². The number of amides is 2. The molecule has 0 spiro atoms. The first kappa shape index (κ1) is 16.7. The van der Waals surface area contributed by atoms with Gasteiger partial charge in [0.1, 0.15) is 5.75 Å². The molecule has 0 saturated heterocycles. The van der Waals surface area contributed by atoms with Crippen LogP contribution < -0.4 is 11.1 Å². The van der Waals surface area contributed by atoms with Crippen molar-refractivity contribution >= 4 is 27.3 Å². The van der Waals surface area contributed by atoms with Crippen molar-refractivity contribution in [2.75, 3.05) is 11.1 Å². The van der Waals surface area contributed by atoms with Gasteiger partial charge in [0.2, 0.25) is 11.8 Å². The number of rotatable bonds is 5. The Hall–Kier alpha value is -2.67. The molecule has 7 heteroatoms. The third-order valence-corrected chi connectivity index (χ3v) is 4.79. The zero-order valence-corrected chi connectivity index (χ0v) is 13.3. The summed E-state index contributed by atoms with van der Waals surface area (Å²) in [6.07, 6.45) is 0. The van der Waals surface area contributed by atoms with E-state index in [0.717, 1.165) is 5.56 Å². The van der Waals surface area contributed by atoms with Crippen LogP contribution in [0.4, 0.5) is 5.69 Å². The van der Waals surface area contributed by atoms with Crippen molar-refractivity contribution in [1.29, 1.82) is 0 Å². The highest BCUT2D eigenvalue weighted by molar-refractivity contribution is 7.92. The average molecular weight is 332 g/mol. The Morgan fingerprint density at radius 1 is 1.00 bits per heavy atom. The summed E-state index contributed by atoms with van der Waals surface area (Å²) in [7, 11) is -3.70. The summed E-state index contributed by atoms with van der Waals surface area (Å²) in [6, 6.07) is 12.2. The zero-order chi connectivity index (χ0) is 17.0. The quantitative estimate of drug-likeness (QED) is 0.865. The van der Waals surface area contributed by atoms with E-state index in [1.807, 2.05) is 6.92 Å². The van der Waals surface area contributed by atoms with Crippen LogP contribution in [-0.4, -0.2) is 26.0 Å². The Morgan fingerprint density at radius 3 is 2.09 bits per heavy atom. The first-order valence-electron chi connectivity index (χ1n) is 6.77. The standard InChI is InChI=1S/C16H16N2O4S/c1-11-2-8-14(9-3-11)23(21,22)10-15(19)18-13-6-4-12(5-7-13)16(17)20/h2-9H,10H2,1H3,(H2,17,20)(H,18,19). The van der Waals surface area contributed by atoms with Crippen molar-refractivity contribution in [3.8, 4) is 0 Å². The maximum Gasteiger partial charge on any atom is 0.248 e. The normalized spacial score (nSPS) is 11.0. The van der Waals surface area contributed by atoms with Crippen LogP contribution in [0.2, 0.25) is 0 Å². The third-order valence-electron chi connectivity index (χ3n) is 3.15. The molecule has 6 nitrogen and oxygen atoms in total. The lowest BCUT2D eigenvalue weighted by Crippen LogP contribution is -2.23. The van der Waals surface area contributed by atoms with E-state index >= 15 is 0 Å². The summed E-state index contributed by atoms with van der Waals surface area (Å²) in [5.41, 5.74) is 6.74. The molecule has 0 heterocycles. The Bertz CT molecular complexity index is 825. The summed E-state index contributed by atoms with van der Waals surface area (Å²) >= 11 is 0. The fourth-order valence-corrected chi connectivity index (χ4v) is 3.05. The molecule has 0 aromatic heterocycles. The number of primary amides is 1. The molecular formula is C16H16N2O4S. The van der Waals surface area contributed by atoms with Crippen LogP contribution in [0.15, 0.2) is 53.4 Å². The number of nitrogens with two attached hydrogens (primary N) is 1. The van der Waals surface area contributed by atoms with Crippen LogP contribution in [0.1, 0.15) is 15.9 Å². The summed E-state index contributed by atoms with van der Waals surface area (Å²) in [4.78, 5) is 23.0. The van der Waals surface area contributed by atoms with E-state index in [4.69, 9.17) is 5.73 Å². The highest BCUT2D eigenvalue weighted by atomic mass is 32.2. The number of carbonyl (C=O) groups excluding carboxylic acids is 2. The predicted octanol–water partition coefficient (Wildman–Crippen LogP) is 1.51. The van der Waals surface area contributed by atoms with E-state index in [1.165, 1.54) is 36.4 Å². The molecule has 0 aliphatic carbocycles. The van der Waals surface area contributed by atoms with Gasteiger partial charge in [-0.3, -0.25) is 9.59 Å².